The summed E-state index contributed by atoms with van der Waals surface area (Å²) >= 11 is 1.70. The summed E-state index contributed by atoms with van der Waals surface area (Å²) in [5, 5.41) is 3.26. The van der Waals surface area contributed by atoms with Crippen molar-refractivity contribution in [3.05, 3.63) is 17.5 Å². The maximum absolute atomic E-state index is 5.15. The van der Waals surface area contributed by atoms with Crippen LogP contribution in [0.5, 0.6) is 0 Å². The van der Waals surface area contributed by atoms with E-state index in [1.807, 2.05) is 23.4 Å². The van der Waals surface area contributed by atoms with Crippen LogP contribution in [0, 0.1) is 0 Å². The molecule has 4 heteroatoms. The van der Waals surface area contributed by atoms with Crippen LogP contribution in [0.2, 0.25) is 0 Å². The Morgan fingerprint density at radius 1 is 1.80 bits per heavy atom. The summed E-state index contributed by atoms with van der Waals surface area (Å²) in [5.74, 6) is 5.15. The average Bonchev–Trinajstić information content (AvgIpc) is 2.38. The zero-order valence-corrected chi connectivity index (χ0v) is 6.69. The molecule has 0 aliphatic carbocycles. The van der Waals surface area contributed by atoms with Gasteiger partial charge in [0.1, 0.15) is 0 Å². The third-order valence-corrected chi connectivity index (χ3v) is 2.19. The number of anilines is 1. The van der Waals surface area contributed by atoms with Gasteiger partial charge < -0.3 is 4.90 Å². The van der Waals surface area contributed by atoms with Gasteiger partial charge in [-0.3, -0.25) is 5.84 Å². The molecule has 3 N–H and O–H groups in total. The van der Waals surface area contributed by atoms with E-state index in [2.05, 4.69) is 11.5 Å². The van der Waals surface area contributed by atoms with Gasteiger partial charge >= 0.3 is 0 Å². The van der Waals surface area contributed by atoms with E-state index in [-0.39, 0.29) is 0 Å². The molecule has 1 rings (SSSR count). The topological polar surface area (TPSA) is 41.3 Å². The molecule has 0 aromatic carbocycles. The van der Waals surface area contributed by atoms with Gasteiger partial charge in [0, 0.05) is 7.05 Å². The summed E-state index contributed by atoms with van der Waals surface area (Å²) in [6.45, 7) is 0.681. The third kappa shape index (κ3) is 1.70. The van der Waals surface area contributed by atoms with Crippen molar-refractivity contribution in [1.29, 1.82) is 0 Å². The van der Waals surface area contributed by atoms with E-state index in [0.717, 1.165) is 0 Å². The van der Waals surface area contributed by atoms with Crippen molar-refractivity contribution in [3.63, 3.8) is 0 Å². The van der Waals surface area contributed by atoms with Crippen LogP contribution in [0.15, 0.2) is 17.5 Å². The van der Waals surface area contributed by atoms with Crippen LogP contribution in [0.1, 0.15) is 0 Å². The number of nitrogens with one attached hydrogen (secondary N) is 1. The largest absolute Gasteiger partial charge is 0.353 e. The van der Waals surface area contributed by atoms with Crippen molar-refractivity contribution < 1.29 is 0 Å². The van der Waals surface area contributed by atoms with E-state index >= 15 is 0 Å². The molecule has 56 valence electrons. The zero-order valence-electron chi connectivity index (χ0n) is 5.87. The van der Waals surface area contributed by atoms with Gasteiger partial charge in [0.05, 0.1) is 11.7 Å². The van der Waals surface area contributed by atoms with E-state index in [1.54, 1.807) is 11.3 Å². The van der Waals surface area contributed by atoms with E-state index in [4.69, 9.17) is 5.84 Å². The molecule has 0 saturated carbocycles. The van der Waals surface area contributed by atoms with Gasteiger partial charge in [0.25, 0.3) is 0 Å². The van der Waals surface area contributed by atoms with Gasteiger partial charge in [-0.15, -0.1) is 11.3 Å². The maximum atomic E-state index is 5.15. The molecule has 0 bridgehead atoms. The van der Waals surface area contributed by atoms with Crippen LogP contribution in [0.3, 0.4) is 0 Å². The number of thiophene rings is 1. The quantitative estimate of drug-likeness (QED) is 0.383. The van der Waals surface area contributed by atoms with Crippen LogP contribution in [0.4, 0.5) is 5.00 Å². The first-order valence-electron chi connectivity index (χ1n) is 3.02. The Labute approximate surface area is 64.4 Å². The summed E-state index contributed by atoms with van der Waals surface area (Å²) in [6, 6.07) is 4.08. The number of rotatable bonds is 3. The monoisotopic (exact) mass is 157 g/mol. The van der Waals surface area contributed by atoms with Gasteiger partial charge in [-0.2, -0.15) is 0 Å². The Morgan fingerprint density at radius 2 is 2.60 bits per heavy atom. The molecule has 0 amide bonds. The average molecular weight is 157 g/mol. The predicted molar refractivity (Wildman–Crippen MR) is 44.9 cm³/mol. The minimum atomic E-state index is 0.681. The van der Waals surface area contributed by atoms with Crippen LogP contribution >= 0.6 is 11.3 Å². The van der Waals surface area contributed by atoms with Gasteiger partial charge in [0.2, 0.25) is 0 Å². The number of hydrogen-bond donors (Lipinski definition) is 2. The molecule has 0 aliphatic rings. The highest BCUT2D eigenvalue weighted by molar-refractivity contribution is 7.14. The molecule has 0 fully saturated rings. The van der Waals surface area contributed by atoms with Crippen molar-refractivity contribution >= 4 is 16.3 Å². The molecule has 0 atom stereocenters. The Bertz CT molecular complexity index is 173. The second-order valence-corrected chi connectivity index (χ2v) is 2.94. The first-order chi connectivity index (χ1) is 4.84. The number of nitrogens with zero attached hydrogens (tertiary/aromatic N) is 1. The second kappa shape index (κ2) is 3.55. The lowest BCUT2D eigenvalue weighted by Crippen LogP contribution is -2.34. The Morgan fingerprint density at radius 3 is 3.10 bits per heavy atom. The lowest BCUT2D eigenvalue weighted by molar-refractivity contribution is 0.721. The lowest BCUT2D eigenvalue weighted by Gasteiger charge is -2.14. The lowest BCUT2D eigenvalue weighted by atomic mass is 10.6. The fourth-order valence-corrected chi connectivity index (χ4v) is 1.40. The minimum Gasteiger partial charge on any atom is -0.353 e. The zero-order chi connectivity index (χ0) is 7.40. The smallest absolute Gasteiger partial charge is 0.0916 e. The highest BCUT2D eigenvalue weighted by atomic mass is 32.1. The predicted octanol–water partition coefficient (Wildman–Crippen LogP) is 0.605. The standard InChI is InChI=1S/C6H11N3S/c1-9(5-8-7)6-3-2-4-10-6/h2-4,8H,5,7H2,1H3. The van der Waals surface area contributed by atoms with Crippen LogP contribution < -0.4 is 16.2 Å². The highest BCUT2D eigenvalue weighted by Gasteiger charge is 1.97. The molecule has 0 spiro atoms. The SMILES string of the molecule is CN(CNN)c1cccs1. The first kappa shape index (κ1) is 7.53. The van der Waals surface area contributed by atoms with Crippen LogP contribution in [-0.2, 0) is 0 Å². The number of hydrazine groups is 1. The molecule has 0 aliphatic heterocycles. The van der Waals surface area contributed by atoms with Gasteiger partial charge in [-0.1, -0.05) is 0 Å². The molecule has 0 saturated heterocycles. The maximum Gasteiger partial charge on any atom is 0.0916 e. The second-order valence-electron chi connectivity index (χ2n) is 2.01. The molecule has 1 aromatic rings. The van der Waals surface area contributed by atoms with Gasteiger partial charge in [-0.05, 0) is 17.5 Å². The summed E-state index contributed by atoms with van der Waals surface area (Å²) in [6.07, 6.45) is 0. The van der Waals surface area contributed by atoms with Crippen molar-refractivity contribution in [1.82, 2.24) is 5.43 Å². The molecular formula is C6H11N3S. The number of hydrogen-bond acceptors (Lipinski definition) is 4. The minimum absolute atomic E-state index is 0.681. The van der Waals surface area contributed by atoms with Gasteiger partial charge in [0.15, 0.2) is 0 Å². The van der Waals surface area contributed by atoms with Crippen LogP contribution in [0.25, 0.3) is 0 Å². The fourth-order valence-electron chi connectivity index (χ4n) is 0.702. The molecular weight excluding hydrogens is 146 g/mol. The summed E-state index contributed by atoms with van der Waals surface area (Å²) in [7, 11) is 1.99. The molecule has 10 heavy (non-hydrogen) atoms. The normalized spacial score (nSPS) is 9.80. The van der Waals surface area contributed by atoms with E-state index in [0.29, 0.717) is 6.67 Å². The fraction of sp³-hybridized carbons (Fsp3) is 0.333. The van der Waals surface area contributed by atoms with Crippen LogP contribution in [-0.4, -0.2) is 13.7 Å². The van der Waals surface area contributed by atoms with Gasteiger partial charge in [-0.25, -0.2) is 5.43 Å². The van der Waals surface area contributed by atoms with E-state index < -0.39 is 0 Å². The van der Waals surface area contributed by atoms with E-state index in [1.165, 1.54) is 5.00 Å². The van der Waals surface area contributed by atoms with E-state index in [9.17, 15) is 0 Å². The first-order valence-corrected chi connectivity index (χ1v) is 3.90. The molecule has 3 nitrogen and oxygen atoms in total. The molecule has 1 heterocycles. The number of nitrogens with two attached hydrogens (primary N) is 1. The highest BCUT2D eigenvalue weighted by Crippen LogP contribution is 2.18. The molecule has 0 radical (unpaired) electrons. The van der Waals surface area contributed by atoms with Crippen molar-refractivity contribution in [2.45, 2.75) is 0 Å². The Kier molecular flexibility index (Phi) is 2.68. The molecule has 0 unspecified atom stereocenters. The Balaban J connectivity index is 2.50. The third-order valence-electron chi connectivity index (χ3n) is 1.21. The van der Waals surface area contributed by atoms with Crippen molar-refractivity contribution in [3.8, 4) is 0 Å². The van der Waals surface area contributed by atoms with Crippen molar-refractivity contribution in [2.24, 2.45) is 5.84 Å². The molecule has 1 aromatic heterocycles. The Hall–Kier alpha value is -0.580. The summed E-state index contributed by atoms with van der Waals surface area (Å²) in [5.41, 5.74) is 2.59. The van der Waals surface area contributed by atoms with Crippen molar-refractivity contribution in [2.75, 3.05) is 18.6 Å². The summed E-state index contributed by atoms with van der Waals surface area (Å²) in [4.78, 5) is 2.05. The summed E-state index contributed by atoms with van der Waals surface area (Å²) < 4.78 is 0.